The summed E-state index contributed by atoms with van der Waals surface area (Å²) in [5, 5.41) is 13.7. The number of aromatic nitrogens is 1. The summed E-state index contributed by atoms with van der Waals surface area (Å²) in [6, 6.07) is 15.1. The molecule has 0 amide bonds. The maximum absolute atomic E-state index is 12.2. The van der Waals surface area contributed by atoms with E-state index < -0.39 is 0 Å². The minimum Gasteiger partial charge on any atom is -0.425 e. The SMILES string of the molecule is CCCc1c(C(C)C)c(OC(C)=O)c(SC)c2c1c1ccccc1n2Cc1cccc([N+](=O)[O-])c1. The number of hydrogen-bond acceptors (Lipinski definition) is 5. The van der Waals surface area contributed by atoms with Crippen LogP contribution in [0.15, 0.2) is 53.4 Å². The number of aryl methyl sites for hydroxylation is 1. The van der Waals surface area contributed by atoms with Crippen LogP contribution in [0.5, 0.6) is 5.75 Å². The van der Waals surface area contributed by atoms with E-state index in [4.69, 9.17) is 4.74 Å². The predicted octanol–water partition coefficient (Wildman–Crippen LogP) is 7.47. The van der Waals surface area contributed by atoms with Crippen molar-refractivity contribution in [3.8, 4) is 5.75 Å². The van der Waals surface area contributed by atoms with Gasteiger partial charge in [-0.2, -0.15) is 0 Å². The number of carbonyl (C=O) groups excluding carboxylic acids is 1. The van der Waals surface area contributed by atoms with E-state index >= 15 is 0 Å². The zero-order chi connectivity index (χ0) is 25.3. The van der Waals surface area contributed by atoms with E-state index in [-0.39, 0.29) is 22.5 Å². The molecule has 0 fully saturated rings. The first kappa shape index (κ1) is 24.8. The van der Waals surface area contributed by atoms with Crippen molar-refractivity contribution in [1.82, 2.24) is 4.57 Å². The highest BCUT2D eigenvalue weighted by atomic mass is 32.2. The normalized spacial score (nSPS) is 11.5. The van der Waals surface area contributed by atoms with E-state index in [9.17, 15) is 14.9 Å². The number of rotatable bonds is 8. The standard InChI is InChI=1S/C28H30N2O4S/c1-6-10-22-24(17(2)3)27(34-18(4)31)28(35-5)26-25(22)21-13-7-8-14-23(21)29(26)16-19-11-9-12-20(15-19)30(32)33/h7-9,11-15,17H,6,10,16H2,1-5H3. The van der Waals surface area contributed by atoms with Crippen molar-refractivity contribution in [2.45, 2.75) is 57.9 Å². The van der Waals surface area contributed by atoms with Crippen molar-refractivity contribution in [3.63, 3.8) is 0 Å². The average molecular weight is 491 g/mol. The van der Waals surface area contributed by atoms with Crippen LogP contribution in [-0.4, -0.2) is 21.7 Å². The Hall–Kier alpha value is -3.32. The van der Waals surface area contributed by atoms with Crippen molar-refractivity contribution in [1.29, 1.82) is 0 Å². The molecule has 0 atom stereocenters. The van der Waals surface area contributed by atoms with E-state index in [1.54, 1.807) is 23.9 Å². The van der Waals surface area contributed by atoms with Gasteiger partial charge in [0.25, 0.3) is 5.69 Å². The lowest BCUT2D eigenvalue weighted by Gasteiger charge is -2.22. The molecule has 1 aromatic heterocycles. The monoisotopic (exact) mass is 490 g/mol. The van der Waals surface area contributed by atoms with Gasteiger partial charge in [0.2, 0.25) is 0 Å². The van der Waals surface area contributed by atoms with E-state index in [2.05, 4.69) is 37.5 Å². The first-order valence-corrected chi connectivity index (χ1v) is 13.1. The number of esters is 1. The van der Waals surface area contributed by atoms with Crippen LogP contribution in [0.3, 0.4) is 0 Å². The van der Waals surface area contributed by atoms with Crippen molar-refractivity contribution in [2.24, 2.45) is 0 Å². The third-order valence-electron chi connectivity index (χ3n) is 6.25. The lowest BCUT2D eigenvalue weighted by molar-refractivity contribution is -0.384. The van der Waals surface area contributed by atoms with Gasteiger partial charge < -0.3 is 9.30 Å². The molecule has 6 nitrogen and oxygen atoms in total. The summed E-state index contributed by atoms with van der Waals surface area (Å²) in [6.07, 6.45) is 3.82. The third kappa shape index (κ3) is 4.52. The number of hydrogen-bond donors (Lipinski definition) is 0. The van der Waals surface area contributed by atoms with Crippen LogP contribution in [0.2, 0.25) is 0 Å². The fourth-order valence-electron chi connectivity index (χ4n) is 5.02. The van der Waals surface area contributed by atoms with Gasteiger partial charge in [0.1, 0.15) is 5.75 Å². The molecule has 1 heterocycles. The summed E-state index contributed by atoms with van der Waals surface area (Å²) in [5.74, 6) is 0.462. The van der Waals surface area contributed by atoms with Crippen molar-refractivity contribution < 1.29 is 14.5 Å². The van der Waals surface area contributed by atoms with E-state index in [1.807, 2.05) is 24.5 Å². The van der Waals surface area contributed by atoms with Crippen LogP contribution in [0, 0.1) is 10.1 Å². The summed E-state index contributed by atoms with van der Waals surface area (Å²) in [6.45, 7) is 8.34. The Balaban J connectivity index is 2.16. The molecule has 0 bridgehead atoms. The fraction of sp³-hybridized carbons (Fsp3) is 0.321. The molecule has 4 aromatic rings. The number of benzene rings is 3. The molecule has 0 N–H and O–H groups in total. The molecule has 35 heavy (non-hydrogen) atoms. The van der Waals surface area contributed by atoms with Gasteiger partial charge in [-0.25, -0.2) is 0 Å². The Morgan fingerprint density at radius 2 is 1.91 bits per heavy atom. The molecule has 0 radical (unpaired) electrons. The molecule has 182 valence electrons. The average Bonchev–Trinajstić information content (AvgIpc) is 3.13. The molecule has 0 aliphatic heterocycles. The van der Waals surface area contributed by atoms with Crippen LogP contribution in [0.1, 0.15) is 56.7 Å². The number of nitro benzene ring substituents is 1. The van der Waals surface area contributed by atoms with Crippen LogP contribution < -0.4 is 4.74 Å². The topological polar surface area (TPSA) is 74.4 Å². The van der Waals surface area contributed by atoms with E-state index in [0.29, 0.717) is 12.3 Å². The summed E-state index contributed by atoms with van der Waals surface area (Å²) in [5.41, 5.74) is 5.26. The molecule has 0 spiro atoms. The molecular formula is C28H30N2O4S. The van der Waals surface area contributed by atoms with E-state index in [1.165, 1.54) is 23.9 Å². The first-order chi connectivity index (χ1) is 16.8. The quantitative estimate of drug-likeness (QED) is 0.0842. The molecule has 0 unspecified atom stereocenters. The number of para-hydroxylation sites is 1. The summed E-state index contributed by atoms with van der Waals surface area (Å²) in [4.78, 5) is 24.2. The Morgan fingerprint density at radius 1 is 1.17 bits per heavy atom. The molecule has 7 heteroatoms. The van der Waals surface area contributed by atoms with Gasteiger partial charge in [-0.05, 0) is 35.8 Å². The molecule has 4 rings (SSSR count). The van der Waals surface area contributed by atoms with Crippen LogP contribution in [-0.2, 0) is 17.8 Å². The number of carbonyl (C=O) groups is 1. The highest BCUT2D eigenvalue weighted by Gasteiger charge is 2.27. The van der Waals surface area contributed by atoms with Gasteiger partial charge in [-0.15, -0.1) is 11.8 Å². The Bertz CT molecular complexity index is 1440. The van der Waals surface area contributed by atoms with Crippen LogP contribution in [0.25, 0.3) is 21.8 Å². The third-order valence-corrected chi connectivity index (χ3v) is 7.04. The first-order valence-electron chi connectivity index (χ1n) is 11.8. The van der Waals surface area contributed by atoms with Crippen LogP contribution >= 0.6 is 11.8 Å². The van der Waals surface area contributed by atoms with Gasteiger partial charge in [0, 0.05) is 47.5 Å². The molecule has 0 aliphatic rings. The number of nitrogens with zero attached hydrogens (tertiary/aromatic N) is 2. The second-order valence-electron chi connectivity index (χ2n) is 9.01. The van der Waals surface area contributed by atoms with Gasteiger partial charge in [-0.1, -0.05) is 57.5 Å². The maximum Gasteiger partial charge on any atom is 0.308 e. The minimum absolute atomic E-state index is 0.0720. The highest BCUT2D eigenvalue weighted by Crippen LogP contribution is 2.48. The second-order valence-corrected chi connectivity index (χ2v) is 9.82. The number of thioether (sulfide) groups is 1. The summed E-state index contributed by atoms with van der Waals surface area (Å²) >= 11 is 1.57. The number of non-ortho nitro benzene ring substituents is 1. The zero-order valence-electron chi connectivity index (χ0n) is 20.8. The second kappa shape index (κ2) is 10.1. The number of fused-ring (bicyclic) bond motifs is 3. The molecule has 0 saturated heterocycles. The Kier molecular flexibility index (Phi) is 7.17. The predicted molar refractivity (Wildman–Crippen MR) is 143 cm³/mol. The van der Waals surface area contributed by atoms with Gasteiger partial charge in [0.15, 0.2) is 0 Å². The Morgan fingerprint density at radius 3 is 2.54 bits per heavy atom. The summed E-state index contributed by atoms with van der Waals surface area (Å²) < 4.78 is 8.13. The number of nitro groups is 1. The zero-order valence-corrected chi connectivity index (χ0v) is 21.6. The lowest BCUT2D eigenvalue weighted by Crippen LogP contribution is -2.10. The molecular weight excluding hydrogens is 460 g/mol. The van der Waals surface area contributed by atoms with Gasteiger partial charge in [0.05, 0.1) is 15.3 Å². The number of ether oxygens (including phenoxy) is 1. The van der Waals surface area contributed by atoms with Crippen molar-refractivity contribution in [3.05, 3.63) is 75.3 Å². The smallest absolute Gasteiger partial charge is 0.308 e. The van der Waals surface area contributed by atoms with E-state index in [0.717, 1.165) is 45.3 Å². The summed E-state index contributed by atoms with van der Waals surface area (Å²) in [7, 11) is 0. The minimum atomic E-state index is -0.365. The van der Waals surface area contributed by atoms with Gasteiger partial charge in [-0.3, -0.25) is 14.9 Å². The molecule has 0 aliphatic carbocycles. The molecule has 3 aromatic carbocycles. The highest BCUT2D eigenvalue weighted by molar-refractivity contribution is 7.99. The maximum atomic E-state index is 12.2. The van der Waals surface area contributed by atoms with Gasteiger partial charge >= 0.3 is 5.97 Å². The lowest BCUT2D eigenvalue weighted by atomic mass is 9.89. The largest absolute Gasteiger partial charge is 0.425 e. The van der Waals surface area contributed by atoms with Crippen molar-refractivity contribution >= 4 is 45.2 Å². The fourth-order valence-corrected chi connectivity index (χ4v) is 5.76. The van der Waals surface area contributed by atoms with Crippen LogP contribution in [0.4, 0.5) is 5.69 Å². The molecule has 0 saturated carbocycles. The Labute approximate surface area is 209 Å². The van der Waals surface area contributed by atoms with Crippen molar-refractivity contribution in [2.75, 3.05) is 6.26 Å².